The molecule has 0 aliphatic rings. The molecule has 0 saturated heterocycles. The van der Waals surface area contributed by atoms with Crippen LogP contribution in [-0.4, -0.2) is 6.61 Å². The number of ether oxygens (including phenoxy) is 2. The summed E-state index contributed by atoms with van der Waals surface area (Å²) in [4.78, 5) is 0. The zero-order chi connectivity index (χ0) is 21.6. The van der Waals surface area contributed by atoms with Crippen LogP contribution in [0.3, 0.4) is 0 Å². The van der Waals surface area contributed by atoms with E-state index < -0.39 is 0 Å². The van der Waals surface area contributed by atoms with E-state index in [4.69, 9.17) is 9.47 Å². The van der Waals surface area contributed by atoms with Gasteiger partial charge in [0.1, 0.15) is 17.2 Å². The molecular weight excluding hydrogens is 368 g/mol. The highest BCUT2D eigenvalue weighted by molar-refractivity contribution is 5.45. The van der Waals surface area contributed by atoms with Gasteiger partial charge in [-0.3, -0.25) is 0 Å². The number of rotatable bonds is 9. The minimum absolute atomic E-state index is 0.123. The van der Waals surface area contributed by atoms with Crippen LogP contribution in [0, 0.1) is 13.8 Å². The Labute approximate surface area is 181 Å². The molecule has 0 radical (unpaired) electrons. The smallest absolute Gasteiger partial charge is 0.127 e. The normalized spacial score (nSPS) is 11.4. The molecule has 2 nitrogen and oxygen atoms in total. The molecular formula is C28H34O2. The molecule has 0 saturated carbocycles. The Balaban J connectivity index is 1.62. The van der Waals surface area contributed by atoms with E-state index in [9.17, 15) is 0 Å². The summed E-state index contributed by atoms with van der Waals surface area (Å²) < 4.78 is 11.8. The Kier molecular flexibility index (Phi) is 7.20. The van der Waals surface area contributed by atoms with E-state index in [2.05, 4.69) is 58.0 Å². The van der Waals surface area contributed by atoms with Crippen LogP contribution in [-0.2, 0) is 11.8 Å². The molecule has 3 rings (SSSR count). The predicted molar refractivity (Wildman–Crippen MR) is 126 cm³/mol. The maximum atomic E-state index is 5.98. The van der Waals surface area contributed by atoms with Gasteiger partial charge in [0.2, 0.25) is 0 Å². The quantitative estimate of drug-likeness (QED) is 0.363. The van der Waals surface area contributed by atoms with Gasteiger partial charge in [0.15, 0.2) is 0 Å². The fraction of sp³-hybridized carbons (Fsp3) is 0.357. The van der Waals surface area contributed by atoms with Crippen LogP contribution in [0.5, 0.6) is 17.2 Å². The van der Waals surface area contributed by atoms with Crippen molar-refractivity contribution in [3.63, 3.8) is 0 Å². The van der Waals surface area contributed by atoms with Crippen molar-refractivity contribution in [2.45, 2.75) is 59.3 Å². The molecule has 0 aliphatic carbocycles. The van der Waals surface area contributed by atoms with Gasteiger partial charge in [0, 0.05) is 0 Å². The number of para-hydroxylation sites is 1. The van der Waals surface area contributed by atoms with E-state index in [1.54, 1.807) is 0 Å². The van der Waals surface area contributed by atoms with Gasteiger partial charge >= 0.3 is 0 Å². The lowest BCUT2D eigenvalue weighted by Gasteiger charge is -2.27. The maximum absolute atomic E-state index is 5.98. The largest absolute Gasteiger partial charge is 0.493 e. The molecule has 0 heterocycles. The van der Waals surface area contributed by atoms with Gasteiger partial charge in [-0.05, 0) is 92.0 Å². The molecule has 0 unspecified atom stereocenters. The standard InChI is InChI=1S/C28H34O2/c1-6-29-27-21(2)18-24(19-22(27)3)28(4,5)17-11-13-23-12-10-16-26(20-23)30-25-14-8-7-9-15-25/h7-10,12,14-16,18-20H,6,11,13,17H2,1-5H3. The molecule has 0 fully saturated rings. The predicted octanol–water partition coefficient (Wildman–Crippen LogP) is 7.79. The summed E-state index contributed by atoms with van der Waals surface area (Å²) in [7, 11) is 0. The summed E-state index contributed by atoms with van der Waals surface area (Å²) in [5.74, 6) is 2.81. The van der Waals surface area contributed by atoms with Crippen molar-refractivity contribution in [2.75, 3.05) is 6.61 Å². The molecule has 0 aromatic heterocycles. The summed E-state index contributed by atoms with van der Waals surface area (Å²) in [6.45, 7) is 11.7. The third kappa shape index (κ3) is 5.66. The van der Waals surface area contributed by atoms with Crippen LogP contribution in [0.1, 0.15) is 55.9 Å². The first-order valence-electron chi connectivity index (χ1n) is 11.0. The Morgan fingerprint density at radius 3 is 2.13 bits per heavy atom. The first kappa shape index (κ1) is 22.0. The molecule has 0 bridgehead atoms. The summed E-state index contributed by atoms with van der Waals surface area (Å²) in [6, 6.07) is 23.0. The molecule has 0 spiro atoms. The minimum Gasteiger partial charge on any atom is -0.493 e. The zero-order valence-corrected chi connectivity index (χ0v) is 19.0. The second-order valence-corrected chi connectivity index (χ2v) is 8.67. The number of aryl methyl sites for hydroxylation is 3. The number of benzene rings is 3. The van der Waals surface area contributed by atoms with Crippen molar-refractivity contribution in [3.8, 4) is 17.2 Å². The highest BCUT2D eigenvalue weighted by Gasteiger charge is 2.22. The van der Waals surface area contributed by atoms with E-state index in [0.29, 0.717) is 6.61 Å². The molecule has 0 N–H and O–H groups in total. The molecule has 0 amide bonds. The van der Waals surface area contributed by atoms with Gasteiger partial charge < -0.3 is 9.47 Å². The van der Waals surface area contributed by atoms with Gasteiger partial charge in [-0.15, -0.1) is 0 Å². The Morgan fingerprint density at radius 1 is 0.800 bits per heavy atom. The molecule has 2 heteroatoms. The van der Waals surface area contributed by atoms with Crippen molar-refractivity contribution in [1.82, 2.24) is 0 Å². The van der Waals surface area contributed by atoms with Crippen LogP contribution in [0.25, 0.3) is 0 Å². The Hall–Kier alpha value is -2.74. The zero-order valence-electron chi connectivity index (χ0n) is 19.0. The van der Waals surface area contributed by atoms with Crippen molar-refractivity contribution in [2.24, 2.45) is 0 Å². The number of hydrogen-bond acceptors (Lipinski definition) is 2. The Morgan fingerprint density at radius 2 is 1.47 bits per heavy atom. The Bertz CT molecular complexity index is 934. The van der Waals surface area contributed by atoms with Crippen LogP contribution < -0.4 is 9.47 Å². The van der Waals surface area contributed by atoms with E-state index in [1.165, 1.54) is 22.3 Å². The van der Waals surface area contributed by atoms with Crippen molar-refractivity contribution in [3.05, 3.63) is 89.0 Å². The average molecular weight is 403 g/mol. The topological polar surface area (TPSA) is 18.5 Å². The highest BCUT2D eigenvalue weighted by atomic mass is 16.5. The molecule has 0 aliphatic heterocycles. The van der Waals surface area contributed by atoms with Gasteiger partial charge in [0.25, 0.3) is 0 Å². The second-order valence-electron chi connectivity index (χ2n) is 8.67. The van der Waals surface area contributed by atoms with Gasteiger partial charge in [-0.1, -0.05) is 56.3 Å². The van der Waals surface area contributed by atoms with Crippen molar-refractivity contribution in [1.29, 1.82) is 0 Å². The van der Waals surface area contributed by atoms with E-state index >= 15 is 0 Å². The lowest BCUT2D eigenvalue weighted by Crippen LogP contribution is -2.18. The van der Waals surface area contributed by atoms with Crippen molar-refractivity contribution < 1.29 is 9.47 Å². The summed E-state index contributed by atoms with van der Waals surface area (Å²) in [6.07, 6.45) is 3.31. The number of hydrogen-bond donors (Lipinski definition) is 0. The highest BCUT2D eigenvalue weighted by Crippen LogP contribution is 2.34. The lowest BCUT2D eigenvalue weighted by molar-refractivity contribution is 0.335. The van der Waals surface area contributed by atoms with Crippen LogP contribution in [0.15, 0.2) is 66.7 Å². The van der Waals surface area contributed by atoms with Crippen molar-refractivity contribution >= 4 is 0 Å². The monoisotopic (exact) mass is 402 g/mol. The van der Waals surface area contributed by atoms with Gasteiger partial charge in [0.05, 0.1) is 6.61 Å². The maximum Gasteiger partial charge on any atom is 0.127 e. The van der Waals surface area contributed by atoms with E-state index in [0.717, 1.165) is 36.5 Å². The SMILES string of the molecule is CCOc1c(C)cc(C(C)(C)CCCc2cccc(Oc3ccccc3)c2)cc1C. The molecule has 0 atom stereocenters. The fourth-order valence-corrected chi connectivity index (χ4v) is 3.98. The van der Waals surface area contributed by atoms with Crippen LogP contribution >= 0.6 is 0 Å². The van der Waals surface area contributed by atoms with Gasteiger partial charge in [-0.2, -0.15) is 0 Å². The first-order chi connectivity index (χ1) is 14.4. The van der Waals surface area contributed by atoms with E-state index in [-0.39, 0.29) is 5.41 Å². The van der Waals surface area contributed by atoms with Gasteiger partial charge in [-0.25, -0.2) is 0 Å². The summed E-state index contributed by atoms with van der Waals surface area (Å²) in [5, 5.41) is 0. The second kappa shape index (κ2) is 9.84. The fourth-order valence-electron chi connectivity index (χ4n) is 3.98. The lowest BCUT2D eigenvalue weighted by atomic mass is 9.78. The molecule has 3 aromatic carbocycles. The average Bonchev–Trinajstić information content (AvgIpc) is 2.71. The molecule has 30 heavy (non-hydrogen) atoms. The first-order valence-corrected chi connectivity index (χ1v) is 11.0. The molecule has 3 aromatic rings. The van der Waals surface area contributed by atoms with Crippen LogP contribution in [0.4, 0.5) is 0 Å². The third-order valence-electron chi connectivity index (χ3n) is 5.68. The minimum atomic E-state index is 0.123. The van der Waals surface area contributed by atoms with E-state index in [1.807, 2.05) is 43.3 Å². The summed E-state index contributed by atoms with van der Waals surface area (Å²) in [5.41, 5.74) is 5.29. The third-order valence-corrected chi connectivity index (χ3v) is 5.68. The summed E-state index contributed by atoms with van der Waals surface area (Å²) >= 11 is 0. The molecule has 158 valence electrons. The van der Waals surface area contributed by atoms with Crippen LogP contribution in [0.2, 0.25) is 0 Å².